The van der Waals surface area contributed by atoms with Crippen molar-refractivity contribution < 1.29 is 13.9 Å². The summed E-state index contributed by atoms with van der Waals surface area (Å²) in [5, 5.41) is 0.0996. The van der Waals surface area contributed by atoms with Gasteiger partial charge in [-0.1, -0.05) is 26.0 Å². The van der Waals surface area contributed by atoms with E-state index in [2.05, 4.69) is 14.1 Å². The summed E-state index contributed by atoms with van der Waals surface area (Å²) in [6.45, 7) is 4.00. The molecule has 0 atom stereocenters. The van der Waals surface area contributed by atoms with E-state index in [4.69, 9.17) is 0 Å². The van der Waals surface area contributed by atoms with Crippen LogP contribution in [0.2, 0.25) is 0 Å². The molecular weight excluding hydrogens is 356 g/mol. The highest BCUT2D eigenvalue weighted by molar-refractivity contribution is 8.13. The first-order valence-electron chi connectivity index (χ1n) is 7.77. The van der Waals surface area contributed by atoms with Gasteiger partial charge in [-0.2, -0.15) is 0 Å². The van der Waals surface area contributed by atoms with E-state index in [0.29, 0.717) is 10.9 Å². The molecule has 0 saturated heterocycles. The number of aryl methyl sites for hydroxylation is 1. The van der Waals surface area contributed by atoms with Crippen LogP contribution < -0.4 is 11.4 Å². The van der Waals surface area contributed by atoms with Crippen LogP contribution in [0.5, 0.6) is 0 Å². The number of carbonyl (C=O) groups excluding carboxylic acids is 1. The molecule has 0 aliphatic rings. The molecule has 2 heterocycles. The molecule has 0 spiro atoms. The molecule has 0 bridgehead atoms. The zero-order valence-corrected chi connectivity index (χ0v) is 15.8. The maximum absolute atomic E-state index is 11.2. The van der Waals surface area contributed by atoms with Crippen LogP contribution in [0.25, 0.3) is 10.9 Å². The Morgan fingerprint density at radius 2 is 1.85 bits per heavy atom. The normalized spacial score (nSPS) is 9.38. The first kappa shape index (κ1) is 21.2. The van der Waals surface area contributed by atoms with Gasteiger partial charge < -0.3 is 9.15 Å². The molecule has 0 aliphatic heterocycles. The van der Waals surface area contributed by atoms with Crippen molar-refractivity contribution in [2.45, 2.75) is 18.7 Å². The maximum Gasteiger partial charge on any atom is 0.422 e. The second-order valence-corrected chi connectivity index (χ2v) is 5.49. The predicted octanol–water partition coefficient (Wildman–Crippen LogP) is 3.46. The van der Waals surface area contributed by atoms with Gasteiger partial charge in [0.25, 0.3) is 0 Å². The Balaban J connectivity index is 0.000000241. The highest BCUT2D eigenvalue weighted by Gasteiger charge is 2.04. The molecule has 0 amide bonds. The van der Waals surface area contributed by atoms with E-state index in [1.54, 1.807) is 55.8 Å². The molecule has 138 valence electrons. The van der Waals surface area contributed by atoms with Crippen molar-refractivity contribution in [3.8, 4) is 0 Å². The van der Waals surface area contributed by atoms with Gasteiger partial charge in [-0.3, -0.25) is 9.55 Å². The zero-order chi connectivity index (χ0) is 19.5. The monoisotopic (exact) mass is 376 g/mol. The van der Waals surface area contributed by atoms with Crippen molar-refractivity contribution in [3.63, 3.8) is 0 Å². The molecule has 0 N–H and O–H groups in total. The SMILES string of the molecule is CC.COC(=O)Sc1cccnc1.Cn1c(=O)oc(=O)c2ccccc21. The quantitative estimate of drug-likeness (QED) is 0.474. The molecule has 0 saturated carbocycles. The predicted molar refractivity (Wildman–Crippen MR) is 102 cm³/mol. The molecule has 3 aromatic rings. The smallest absolute Gasteiger partial charge is 0.422 e. The summed E-state index contributed by atoms with van der Waals surface area (Å²) in [4.78, 5) is 37.6. The third kappa shape index (κ3) is 5.89. The average Bonchev–Trinajstić information content (AvgIpc) is 2.69. The zero-order valence-electron chi connectivity index (χ0n) is 15.0. The molecular formula is C18H20N2O5S. The number of carbonyl (C=O) groups is 1. The van der Waals surface area contributed by atoms with E-state index >= 15 is 0 Å². The Kier molecular flexibility index (Phi) is 8.86. The molecule has 0 radical (unpaired) electrons. The summed E-state index contributed by atoms with van der Waals surface area (Å²) in [5.74, 6) is -0.635. The number of para-hydroxylation sites is 1. The molecule has 8 heteroatoms. The Bertz CT molecular complexity index is 951. The molecule has 3 rings (SSSR count). The number of benzene rings is 1. The Morgan fingerprint density at radius 3 is 2.46 bits per heavy atom. The lowest BCUT2D eigenvalue weighted by Gasteiger charge is -1.99. The second kappa shape index (κ2) is 10.9. The minimum absolute atomic E-state index is 0.321. The highest BCUT2D eigenvalue weighted by Crippen LogP contribution is 2.17. The van der Waals surface area contributed by atoms with Crippen molar-refractivity contribution in [3.05, 3.63) is 69.8 Å². The van der Waals surface area contributed by atoms with Crippen molar-refractivity contribution >= 4 is 28.0 Å². The number of aromatic nitrogens is 2. The van der Waals surface area contributed by atoms with Crippen LogP contribution in [0, 0.1) is 0 Å². The van der Waals surface area contributed by atoms with Crippen LogP contribution in [0.3, 0.4) is 0 Å². The highest BCUT2D eigenvalue weighted by atomic mass is 32.2. The Morgan fingerprint density at radius 1 is 1.15 bits per heavy atom. The van der Waals surface area contributed by atoms with Gasteiger partial charge in [-0.05, 0) is 36.0 Å². The van der Waals surface area contributed by atoms with E-state index in [0.717, 1.165) is 16.7 Å². The minimum Gasteiger partial charge on any atom is -0.461 e. The number of rotatable bonds is 1. The standard InChI is InChI=1S/C9H7NO3.C7H7NO2S.C2H6/c1-10-7-5-3-2-4-6(7)8(11)13-9(10)12;1-10-7(9)11-6-3-2-4-8-5-6;1-2/h2-5H,1H3;2-5H,1H3;1-2H3. The fraction of sp³-hybridized carbons (Fsp3) is 0.222. The summed E-state index contributed by atoms with van der Waals surface area (Å²) in [7, 11) is 2.92. The fourth-order valence-corrected chi connectivity index (χ4v) is 2.32. The van der Waals surface area contributed by atoms with Crippen LogP contribution in [-0.2, 0) is 11.8 Å². The van der Waals surface area contributed by atoms with E-state index in [-0.39, 0.29) is 5.30 Å². The number of fused-ring (bicyclic) bond motifs is 1. The summed E-state index contributed by atoms with van der Waals surface area (Å²) >= 11 is 1.02. The Labute approximate surface area is 154 Å². The summed E-state index contributed by atoms with van der Waals surface area (Å²) in [6.07, 6.45) is 3.27. The topological polar surface area (TPSA) is 91.4 Å². The van der Waals surface area contributed by atoms with Gasteiger partial charge in [0.05, 0.1) is 18.0 Å². The molecule has 0 unspecified atom stereocenters. The summed E-state index contributed by atoms with van der Waals surface area (Å²) in [6, 6.07) is 10.4. The lowest BCUT2D eigenvalue weighted by molar-refractivity contribution is 0.200. The van der Waals surface area contributed by atoms with Crippen LogP contribution in [0.4, 0.5) is 4.79 Å². The fourth-order valence-electron chi connectivity index (χ4n) is 1.79. The van der Waals surface area contributed by atoms with E-state index < -0.39 is 11.4 Å². The van der Waals surface area contributed by atoms with E-state index in [9.17, 15) is 14.4 Å². The first-order chi connectivity index (χ1) is 12.5. The summed E-state index contributed by atoms with van der Waals surface area (Å²) < 4.78 is 10.2. The number of ether oxygens (including phenoxy) is 1. The number of hydrogen-bond donors (Lipinski definition) is 0. The van der Waals surface area contributed by atoms with Crippen molar-refractivity contribution in [1.82, 2.24) is 9.55 Å². The first-order valence-corrected chi connectivity index (χ1v) is 8.59. The van der Waals surface area contributed by atoms with Gasteiger partial charge >= 0.3 is 16.7 Å². The third-order valence-electron chi connectivity index (χ3n) is 2.94. The lowest BCUT2D eigenvalue weighted by atomic mass is 10.2. The number of pyridine rings is 1. The molecule has 0 aliphatic carbocycles. The van der Waals surface area contributed by atoms with Crippen molar-refractivity contribution in [2.24, 2.45) is 7.05 Å². The molecule has 2 aromatic heterocycles. The molecule has 26 heavy (non-hydrogen) atoms. The average molecular weight is 376 g/mol. The second-order valence-electron chi connectivity index (χ2n) is 4.48. The number of thioether (sulfide) groups is 1. The summed E-state index contributed by atoms with van der Waals surface area (Å²) in [5.41, 5.74) is 0.00227. The third-order valence-corrected chi connectivity index (χ3v) is 3.75. The van der Waals surface area contributed by atoms with Gasteiger partial charge in [0.2, 0.25) is 0 Å². The number of nitrogens with zero attached hydrogens (tertiary/aromatic N) is 2. The van der Waals surface area contributed by atoms with Crippen LogP contribution in [-0.4, -0.2) is 22.0 Å². The van der Waals surface area contributed by atoms with Crippen molar-refractivity contribution in [1.29, 1.82) is 0 Å². The number of methoxy groups -OCH3 is 1. The molecule has 1 aromatic carbocycles. The molecule has 0 fully saturated rings. The van der Waals surface area contributed by atoms with Gasteiger partial charge in [-0.25, -0.2) is 14.4 Å². The van der Waals surface area contributed by atoms with Crippen LogP contribution in [0.15, 0.2) is 67.7 Å². The Hall–Kier alpha value is -2.87. The maximum atomic E-state index is 11.2. The van der Waals surface area contributed by atoms with Gasteiger partial charge in [0.15, 0.2) is 0 Å². The minimum atomic E-state index is -0.635. The van der Waals surface area contributed by atoms with Gasteiger partial charge in [0.1, 0.15) is 0 Å². The largest absolute Gasteiger partial charge is 0.461 e. The van der Waals surface area contributed by atoms with Gasteiger partial charge in [-0.15, -0.1) is 0 Å². The number of hydrogen-bond acceptors (Lipinski definition) is 7. The van der Waals surface area contributed by atoms with E-state index in [1.807, 2.05) is 13.8 Å². The van der Waals surface area contributed by atoms with Crippen LogP contribution in [0.1, 0.15) is 13.8 Å². The molecule has 7 nitrogen and oxygen atoms in total. The van der Waals surface area contributed by atoms with Gasteiger partial charge in [0, 0.05) is 24.3 Å². The van der Waals surface area contributed by atoms with Crippen molar-refractivity contribution in [2.75, 3.05) is 7.11 Å². The van der Waals surface area contributed by atoms with E-state index in [1.165, 1.54) is 11.7 Å². The van der Waals surface area contributed by atoms with Crippen LogP contribution >= 0.6 is 11.8 Å². The lowest BCUT2D eigenvalue weighted by Crippen LogP contribution is -2.22.